The molecule has 0 nitrogen and oxygen atoms in total. The smallest absolute Gasteiger partial charge is 0.322 e. The first-order valence-corrected chi connectivity index (χ1v) is 17.7. The first-order valence-electron chi connectivity index (χ1n) is 7.15. The van der Waals surface area contributed by atoms with Crippen molar-refractivity contribution in [3.05, 3.63) is 6.42 Å². The van der Waals surface area contributed by atoms with Gasteiger partial charge in [-0.15, -0.1) is 6.42 Å². The fourth-order valence-electron chi connectivity index (χ4n) is 4.89. The van der Waals surface area contributed by atoms with Gasteiger partial charge in [0.05, 0.1) is 0 Å². The van der Waals surface area contributed by atoms with Gasteiger partial charge in [-0.05, 0) is 0 Å². The van der Waals surface area contributed by atoms with Crippen LogP contribution in [0.25, 0.3) is 0 Å². The van der Waals surface area contributed by atoms with Crippen LogP contribution in [0.1, 0.15) is 6.42 Å². The molecule has 3 fully saturated rings. The van der Waals surface area contributed by atoms with Crippen molar-refractivity contribution >= 4 is 24.2 Å². The Morgan fingerprint density at radius 2 is 1.06 bits per heavy atom. The van der Waals surface area contributed by atoms with Crippen molar-refractivity contribution < 1.29 is 18.9 Å². The number of hydrogen-bond donors (Lipinski definition) is 0. The van der Waals surface area contributed by atoms with Crippen molar-refractivity contribution in [3.8, 4) is 0 Å². The van der Waals surface area contributed by atoms with E-state index in [1.54, 1.807) is 6.42 Å². The van der Waals surface area contributed by atoms with Gasteiger partial charge in [-0.2, -0.15) is 10.1 Å². The van der Waals surface area contributed by atoms with Crippen LogP contribution in [0.3, 0.4) is 0 Å². The molecule has 0 amide bonds. The minimum atomic E-state index is -1.03. The van der Waals surface area contributed by atoms with Crippen molar-refractivity contribution in [1.82, 2.24) is 0 Å². The van der Waals surface area contributed by atoms with E-state index in [0.29, 0.717) is 0 Å². The summed E-state index contributed by atoms with van der Waals surface area (Å²) in [6.07, 6.45) is 4.45. The molecule has 0 N–H and O–H groups in total. The Morgan fingerprint density at radius 1 is 0.778 bits per heavy atom. The maximum Gasteiger partial charge on any atom is 1.00 e. The molecule has 0 aromatic rings. The molecule has 0 spiro atoms. The maximum absolute atomic E-state index is 2.88. The summed E-state index contributed by atoms with van der Waals surface area (Å²) in [6, 6.07) is 0. The summed E-state index contributed by atoms with van der Waals surface area (Å²) in [5.74, 6) is 0. The molecule has 2 bridgehead atoms. The van der Waals surface area contributed by atoms with Gasteiger partial charge >= 0.3 is 18.9 Å². The molecular formula is C14H31LiSi3. The van der Waals surface area contributed by atoms with Crippen LogP contribution in [0.4, 0.5) is 0 Å². The van der Waals surface area contributed by atoms with Crippen LogP contribution in [0, 0.1) is 6.42 Å². The molecular weight excluding hydrogens is 259 g/mol. The number of rotatable bonds is 3. The van der Waals surface area contributed by atoms with E-state index < -0.39 is 24.2 Å². The molecule has 0 aromatic carbocycles. The van der Waals surface area contributed by atoms with Gasteiger partial charge in [0.15, 0.2) is 0 Å². The Bertz CT molecular complexity index is 312. The second kappa shape index (κ2) is 4.13. The van der Waals surface area contributed by atoms with E-state index in [0.717, 1.165) is 15.6 Å². The summed E-state index contributed by atoms with van der Waals surface area (Å²) in [7, 11) is -3.07. The Morgan fingerprint density at radius 3 is 1.22 bits per heavy atom. The third-order valence-corrected chi connectivity index (χ3v) is 15.9. The van der Waals surface area contributed by atoms with Gasteiger partial charge in [-0.1, -0.05) is 64.5 Å². The SMILES string of the molecule is C[Si](C)(C)C1C2([Si](C)(C)C)[CH-]C1([Si](C)(C)C)C2.[Li+]. The van der Waals surface area contributed by atoms with Crippen LogP contribution in [0.15, 0.2) is 0 Å². The third kappa shape index (κ3) is 1.88. The zero-order chi connectivity index (χ0) is 13.5. The zero-order valence-corrected chi connectivity index (χ0v) is 17.4. The van der Waals surface area contributed by atoms with Crippen molar-refractivity contribution in [3.63, 3.8) is 0 Å². The fourth-order valence-corrected chi connectivity index (χ4v) is 19.3. The summed E-state index contributed by atoms with van der Waals surface area (Å²) in [5, 5.41) is 1.47. The van der Waals surface area contributed by atoms with E-state index >= 15 is 0 Å². The monoisotopic (exact) mass is 290 g/mol. The van der Waals surface area contributed by atoms with Crippen LogP contribution in [-0.2, 0) is 0 Å². The Balaban J connectivity index is 0.00000162. The molecule has 2 atom stereocenters. The summed E-state index contributed by atoms with van der Waals surface area (Å²) in [5.41, 5.74) is 1.11. The molecule has 0 saturated heterocycles. The molecule has 0 aromatic heterocycles. The maximum atomic E-state index is 2.88. The molecule has 0 heterocycles. The van der Waals surface area contributed by atoms with Crippen molar-refractivity contribution in [1.29, 1.82) is 0 Å². The van der Waals surface area contributed by atoms with Crippen molar-refractivity contribution in [2.75, 3.05) is 0 Å². The van der Waals surface area contributed by atoms with E-state index in [1.165, 1.54) is 0 Å². The molecule has 3 saturated carbocycles. The molecule has 100 valence electrons. The molecule has 3 aliphatic rings. The predicted molar refractivity (Wildman–Crippen MR) is 88.1 cm³/mol. The Labute approximate surface area is 130 Å². The van der Waals surface area contributed by atoms with E-state index in [4.69, 9.17) is 0 Å². The van der Waals surface area contributed by atoms with Crippen LogP contribution in [0.2, 0.25) is 74.5 Å². The largest absolute Gasteiger partial charge is 1.00 e. The van der Waals surface area contributed by atoms with Crippen molar-refractivity contribution in [2.45, 2.75) is 81.0 Å². The third-order valence-electron chi connectivity index (χ3n) is 5.79. The first kappa shape index (κ1) is 17.3. The minimum Gasteiger partial charge on any atom is -0.322 e. The van der Waals surface area contributed by atoms with E-state index in [1.807, 2.05) is 0 Å². The first-order chi connectivity index (χ1) is 7.28. The van der Waals surface area contributed by atoms with Gasteiger partial charge in [0.1, 0.15) is 0 Å². The van der Waals surface area contributed by atoms with Gasteiger partial charge in [-0.3, -0.25) is 0 Å². The normalized spacial score (nSPS) is 39.5. The molecule has 0 aliphatic heterocycles. The molecule has 18 heavy (non-hydrogen) atoms. The molecule has 2 unspecified atom stereocenters. The fraction of sp³-hybridized carbons (Fsp3) is 0.929. The van der Waals surface area contributed by atoms with Crippen LogP contribution >= 0.6 is 0 Å². The number of hydrogen-bond acceptors (Lipinski definition) is 0. The summed E-state index contributed by atoms with van der Waals surface area (Å²) in [6.45, 7) is 23.5. The molecule has 0 radical (unpaired) electrons. The Kier molecular flexibility index (Phi) is 3.97. The second-order valence-electron chi connectivity index (χ2n) is 9.70. The summed E-state index contributed by atoms with van der Waals surface area (Å²) in [4.78, 5) is 0. The van der Waals surface area contributed by atoms with Crippen molar-refractivity contribution in [2.24, 2.45) is 0 Å². The molecule has 4 heteroatoms. The summed E-state index contributed by atoms with van der Waals surface area (Å²) < 4.78 is 0. The Hall–Kier alpha value is 1.25. The quantitative estimate of drug-likeness (QED) is 0.553. The van der Waals surface area contributed by atoms with Crippen LogP contribution in [0.5, 0.6) is 0 Å². The van der Waals surface area contributed by atoms with Crippen LogP contribution < -0.4 is 18.9 Å². The van der Waals surface area contributed by atoms with Crippen LogP contribution in [-0.4, -0.2) is 24.2 Å². The van der Waals surface area contributed by atoms with Gasteiger partial charge in [0.25, 0.3) is 0 Å². The van der Waals surface area contributed by atoms with E-state index in [9.17, 15) is 0 Å². The predicted octanol–water partition coefficient (Wildman–Crippen LogP) is 2.48. The van der Waals surface area contributed by atoms with Gasteiger partial charge < -0.3 is 6.42 Å². The molecule has 3 aliphatic carbocycles. The van der Waals surface area contributed by atoms with E-state index in [2.05, 4.69) is 65.3 Å². The minimum absolute atomic E-state index is 0. The topological polar surface area (TPSA) is 0 Å². The molecule has 3 rings (SSSR count). The van der Waals surface area contributed by atoms with Gasteiger partial charge in [0, 0.05) is 24.2 Å². The van der Waals surface area contributed by atoms with Gasteiger partial charge in [0.2, 0.25) is 0 Å². The second-order valence-corrected chi connectivity index (χ2v) is 25.9. The van der Waals surface area contributed by atoms with E-state index in [-0.39, 0.29) is 18.9 Å². The average Bonchev–Trinajstić information content (AvgIpc) is 1.63. The standard InChI is InChI=1S/C14H31Si3.Li/c1-15(2,3)12-13(16(4,5)6)10-14(12,11-13)17(7,8)9;/h10,12H,11H2,1-9H3;/q-1;+1. The van der Waals surface area contributed by atoms with Gasteiger partial charge in [-0.25, -0.2) is 0 Å². The average molecular weight is 291 g/mol. The zero-order valence-electron chi connectivity index (χ0n) is 14.4. The summed E-state index contributed by atoms with van der Waals surface area (Å²) >= 11 is 0.